The van der Waals surface area contributed by atoms with Crippen LogP contribution in [0.1, 0.15) is 16.7 Å². The van der Waals surface area contributed by atoms with E-state index in [-0.39, 0.29) is 28.9 Å². The monoisotopic (exact) mass is 474 g/mol. The van der Waals surface area contributed by atoms with Gasteiger partial charge < -0.3 is 11.1 Å². The average Bonchev–Trinajstić information content (AvgIpc) is 2.45. The molecule has 6 nitrogen and oxygen atoms in total. The third kappa shape index (κ3) is 7.00. The lowest BCUT2D eigenvalue weighted by atomic mass is 10.1. The van der Waals surface area contributed by atoms with Crippen molar-refractivity contribution in [1.29, 1.82) is 0 Å². The molecule has 0 saturated carbocycles. The fourth-order valence-corrected chi connectivity index (χ4v) is 2.90. The first kappa shape index (κ1) is 21.4. The average molecular weight is 474 g/mol. The first-order valence-electron chi connectivity index (χ1n) is 7.51. The molecule has 0 heterocycles. The van der Waals surface area contributed by atoms with E-state index in [1.807, 2.05) is 26.0 Å². The Morgan fingerprint density at radius 1 is 1.08 bits per heavy atom. The Balaban J connectivity index is 0.00000312. The van der Waals surface area contributed by atoms with Crippen LogP contribution in [-0.2, 0) is 16.4 Å². The summed E-state index contributed by atoms with van der Waals surface area (Å²) in [5.74, 6) is 0.348. The maximum absolute atomic E-state index is 11.2. The molecular formula is C17H23IN4O2S. The summed E-state index contributed by atoms with van der Waals surface area (Å²) in [4.78, 5) is 4.39. The second-order valence-electron chi connectivity index (χ2n) is 5.71. The lowest BCUT2D eigenvalue weighted by molar-refractivity contribution is 0.598. The maximum atomic E-state index is 11.2. The summed E-state index contributed by atoms with van der Waals surface area (Å²) in [6.45, 7) is 4.55. The van der Waals surface area contributed by atoms with Crippen LogP contribution in [0.2, 0.25) is 0 Å². The van der Waals surface area contributed by atoms with Gasteiger partial charge in [-0.25, -0.2) is 13.6 Å². The van der Waals surface area contributed by atoms with E-state index in [4.69, 9.17) is 10.9 Å². The SMILES string of the molecule is Cc1cc(C)cc(NC(N)=NCCc2ccc(S(N)(=O)=O)cc2)c1.I. The number of primary sulfonamides is 1. The molecule has 2 aromatic carbocycles. The molecule has 25 heavy (non-hydrogen) atoms. The number of halogens is 1. The highest BCUT2D eigenvalue weighted by Crippen LogP contribution is 2.13. The number of rotatable bonds is 5. The van der Waals surface area contributed by atoms with Gasteiger partial charge in [0, 0.05) is 12.2 Å². The highest BCUT2D eigenvalue weighted by atomic mass is 127. The van der Waals surface area contributed by atoms with Gasteiger partial charge in [0.15, 0.2) is 5.96 Å². The molecule has 8 heteroatoms. The number of aliphatic imine (C=N–C) groups is 1. The van der Waals surface area contributed by atoms with Crippen molar-refractivity contribution in [2.45, 2.75) is 25.2 Å². The van der Waals surface area contributed by atoms with Gasteiger partial charge in [0.05, 0.1) is 4.90 Å². The zero-order valence-electron chi connectivity index (χ0n) is 14.2. The van der Waals surface area contributed by atoms with Crippen LogP contribution in [0.5, 0.6) is 0 Å². The molecule has 136 valence electrons. The number of sulfonamides is 1. The lowest BCUT2D eigenvalue weighted by Gasteiger charge is -2.08. The molecule has 0 spiro atoms. The minimum absolute atomic E-state index is 0. The van der Waals surface area contributed by atoms with E-state index in [0.717, 1.165) is 22.4 Å². The van der Waals surface area contributed by atoms with Crippen LogP contribution in [0.25, 0.3) is 0 Å². The molecule has 0 aliphatic carbocycles. The number of nitrogens with zero attached hydrogens (tertiary/aromatic N) is 1. The number of benzene rings is 2. The highest BCUT2D eigenvalue weighted by Gasteiger charge is 2.06. The van der Waals surface area contributed by atoms with Crippen molar-refractivity contribution in [3.8, 4) is 0 Å². The molecular weight excluding hydrogens is 451 g/mol. The summed E-state index contributed by atoms with van der Waals surface area (Å²) in [6, 6.07) is 12.5. The summed E-state index contributed by atoms with van der Waals surface area (Å²) in [5.41, 5.74) is 10.1. The second-order valence-corrected chi connectivity index (χ2v) is 7.27. The van der Waals surface area contributed by atoms with E-state index in [1.165, 1.54) is 12.1 Å². The molecule has 0 saturated heterocycles. The Morgan fingerprint density at radius 2 is 1.64 bits per heavy atom. The molecule has 2 aromatic rings. The smallest absolute Gasteiger partial charge is 0.238 e. The fraction of sp³-hybridized carbons (Fsp3) is 0.235. The van der Waals surface area contributed by atoms with E-state index in [1.54, 1.807) is 12.1 Å². The zero-order chi connectivity index (χ0) is 17.7. The highest BCUT2D eigenvalue weighted by molar-refractivity contribution is 14.0. The van der Waals surface area contributed by atoms with E-state index < -0.39 is 10.0 Å². The molecule has 2 rings (SSSR count). The normalized spacial score (nSPS) is 11.7. The Kier molecular flexibility index (Phi) is 7.84. The quantitative estimate of drug-likeness (QED) is 0.352. The Labute approximate surface area is 165 Å². The first-order valence-corrected chi connectivity index (χ1v) is 9.05. The van der Waals surface area contributed by atoms with Gasteiger partial charge in [-0.05, 0) is 61.2 Å². The largest absolute Gasteiger partial charge is 0.370 e. The first-order chi connectivity index (χ1) is 11.2. The van der Waals surface area contributed by atoms with Crippen LogP contribution in [0, 0.1) is 13.8 Å². The molecule has 0 unspecified atom stereocenters. The van der Waals surface area contributed by atoms with Crippen LogP contribution < -0.4 is 16.2 Å². The van der Waals surface area contributed by atoms with Crippen LogP contribution in [-0.4, -0.2) is 20.9 Å². The standard InChI is InChI=1S/C17H22N4O2S.HI/c1-12-9-13(2)11-15(10-12)21-17(18)20-8-7-14-3-5-16(6-4-14)24(19,22)23;/h3-6,9-11H,7-8H2,1-2H3,(H3,18,20,21)(H2,19,22,23);1H. The molecule has 5 N–H and O–H groups in total. The van der Waals surface area contributed by atoms with Gasteiger partial charge >= 0.3 is 0 Å². The number of anilines is 1. The lowest BCUT2D eigenvalue weighted by Crippen LogP contribution is -2.23. The Hall–Kier alpha value is -1.65. The molecule has 0 aliphatic heterocycles. The minimum atomic E-state index is -3.65. The molecule has 0 radical (unpaired) electrons. The van der Waals surface area contributed by atoms with Gasteiger partial charge in [0.1, 0.15) is 0 Å². The van der Waals surface area contributed by atoms with Gasteiger partial charge in [0.25, 0.3) is 0 Å². The predicted molar refractivity (Wildman–Crippen MR) is 113 cm³/mol. The number of guanidine groups is 1. The van der Waals surface area contributed by atoms with E-state index in [2.05, 4.69) is 16.4 Å². The van der Waals surface area contributed by atoms with E-state index >= 15 is 0 Å². The molecule has 0 fully saturated rings. The van der Waals surface area contributed by atoms with Gasteiger partial charge in [-0.3, -0.25) is 4.99 Å². The van der Waals surface area contributed by atoms with E-state index in [9.17, 15) is 8.42 Å². The molecule has 0 amide bonds. The van der Waals surface area contributed by atoms with Crippen LogP contribution in [0.3, 0.4) is 0 Å². The van der Waals surface area contributed by atoms with Crippen molar-refractivity contribution < 1.29 is 8.42 Å². The predicted octanol–water partition coefficient (Wildman–Crippen LogP) is 2.54. The summed E-state index contributed by atoms with van der Waals surface area (Å²) < 4.78 is 22.4. The minimum Gasteiger partial charge on any atom is -0.370 e. The van der Waals surface area contributed by atoms with Crippen molar-refractivity contribution in [3.05, 3.63) is 59.2 Å². The third-order valence-electron chi connectivity index (χ3n) is 3.43. The van der Waals surface area contributed by atoms with Gasteiger partial charge in [0.2, 0.25) is 10.0 Å². The third-order valence-corrected chi connectivity index (χ3v) is 4.36. The molecule has 0 atom stereocenters. The molecule has 0 aliphatic rings. The molecule has 0 bridgehead atoms. The van der Waals surface area contributed by atoms with Gasteiger partial charge in [-0.2, -0.15) is 0 Å². The van der Waals surface area contributed by atoms with Crippen molar-refractivity contribution >= 4 is 45.6 Å². The maximum Gasteiger partial charge on any atom is 0.238 e. The zero-order valence-corrected chi connectivity index (χ0v) is 17.3. The van der Waals surface area contributed by atoms with Crippen molar-refractivity contribution in [2.24, 2.45) is 15.9 Å². The summed E-state index contributed by atoms with van der Waals surface area (Å²) in [7, 11) is -3.65. The number of hydrogen-bond acceptors (Lipinski definition) is 3. The van der Waals surface area contributed by atoms with Crippen molar-refractivity contribution in [2.75, 3.05) is 11.9 Å². The Morgan fingerprint density at radius 3 is 2.16 bits per heavy atom. The number of hydrogen-bond donors (Lipinski definition) is 3. The van der Waals surface area contributed by atoms with Crippen molar-refractivity contribution in [3.63, 3.8) is 0 Å². The number of nitrogens with two attached hydrogens (primary N) is 2. The fourth-order valence-electron chi connectivity index (χ4n) is 2.39. The second kappa shape index (κ2) is 9.16. The van der Waals surface area contributed by atoms with Crippen LogP contribution in [0.4, 0.5) is 5.69 Å². The topological polar surface area (TPSA) is 111 Å². The number of nitrogens with one attached hydrogen (secondary N) is 1. The van der Waals surface area contributed by atoms with Gasteiger partial charge in [-0.1, -0.05) is 18.2 Å². The van der Waals surface area contributed by atoms with E-state index in [0.29, 0.717) is 18.9 Å². The van der Waals surface area contributed by atoms with Crippen molar-refractivity contribution in [1.82, 2.24) is 0 Å². The summed E-state index contributed by atoms with van der Waals surface area (Å²) in [5, 5.41) is 8.14. The van der Waals surface area contributed by atoms with Crippen LogP contribution >= 0.6 is 24.0 Å². The Bertz CT molecular complexity index is 829. The van der Waals surface area contributed by atoms with Gasteiger partial charge in [-0.15, -0.1) is 24.0 Å². The van der Waals surface area contributed by atoms with Crippen LogP contribution in [0.15, 0.2) is 52.4 Å². The molecule has 0 aromatic heterocycles. The summed E-state index contributed by atoms with van der Waals surface area (Å²) >= 11 is 0. The number of aryl methyl sites for hydroxylation is 2. The summed E-state index contributed by atoms with van der Waals surface area (Å²) in [6.07, 6.45) is 0.653.